The summed E-state index contributed by atoms with van der Waals surface area (Å²) in [5, 5.41) is 0. The van der Waals surface area contributed by atoms with E-state index in [-0.39, 0.29) is 17.6 Å². The standard InChI is InChI=1S/C16H28FNO/c17-16(9-4-5-14(18)12-16)13-6-10-19-15(11-13)7-2-1-3-8-15/h13-14H,1-12,18H2. The van der Waals surface area contributed by atoms with Gasteiger partial charge >= 0.3 is 0 Å². The summed E-state index contributed by atoms with van der Waals surface area (Å²) < 4.78 is 21.4. The first-order valence-corrected chi connectivity index (χ1v) is 8.20. The maximum Gasteiger partial charge on any atom is 0.115 e. The van der Waals surface area contributed by atoms with Gasteiger partial charge in [0.15, 0.2) is 0 Å². The van der Waals surface area contributed by atoms with Gasteiger partial charge in [0.2, 0.25) is 0 Å². The molecule has 1 saturated heterocycles. The Hall–Kier alpha value is -0.150. The molecule has 2 N–H and O–H groups in total. The summed E-state index contributed by atoms with van der Waals surface area (Å²) in [4.78, 5) is 0. The van der Waals surface area contributed by atoms with E-state index in [9.17, 15) is 0 Å². The summed E-state index contributed by atoms with van der Waals surface area (Å²) in [7, 11) is 0. The van der Waals surface area contributed by atoms with Crippen LogP contribution in [0.2, 0.25) is 0 Å². The van der Waals surface area contributed by atoms with E-state index in [1.165, 1.54) is 19.3 Å². The minimum Gasteiger partial charge on any atom is -0.375 e. The molecule has 1 heterocycles. The van der Waals surface area contributed by atoms with Gasteiger partial charge in [-0.1, -0.05) is 19.3 Å². The molecule has 2 nitrogen and oxygen atoms in total. The van der Waals surface area contributed by atoms with Gasteiger partial charge in [-0.3, -0.25) is 0 Å². The summed E-state index contributed by atoms with van der Waals surface area (Å²) in [5.74, 6) is 0.186. The molecule has 0 aromatic carbocycles. The van der Waals surface area contributed by atoms with Crippen molar-refractivity contribution in [3.05, 3.63) is 0 Å². The third-order valence-electron chi connectivity index (χ3n) is 5.76. The van der Waals surface area contributed by atoms with Crippen LogP contribution in [0.25, 0.3) is 0 Å². The van der Waals surface area contributed by atoms with Crippen molar-refractivity contribution >= 4 is 0 Å². The lowest BCUT2D eigenvalue weighted by Crippen LogP contribution is -2.50. The fraction of sp³-hybridized carbons (Fsp3) is 1.00. The molecule has 3 unspecified atom stereocenters. The molecule has 2 aliphatic carbocycles. The predicted octanol–water partition coefficient (Wildman–Crippen LogP) is 3.73. The molecule has 0 amide bonds. The highest BCUT2D eigenvalue weighted by molar-refractivity contribution is 5.00. The van der Waals surface area contributed by atoms with Crippen molar-refractivity contribution in [2.75, 3.05) is 6.61 Å². The Bertz CT molecular complexity index is 310. The summed E-state index contributed by atoms with van der Waals surface area (Å²) in [6.07, 6.45) is 11.2. The van der Waals surface area contributed by atoms with Gasteiger partial charge in [-0.25, -0.2) is 4.39 Å². The number of hydrogen-bond acceptors (Lipinski definition) is 2. The highest BCUT2D eigenvalue weighted by atomic mass is 19.1. The van der Waals surface area contributed by atoms with E-state index in [0.717, 1.165) is 51.6 Å². The average Bonchev–Trinajstić information content (AvgIpc) is 2.39. The van der Waals surface area contributed by atoms with E-state index in [0.29, 0.717) is 6.42 Å². The minimum absolute atomic E-state index is 0.0157. The second kappa shape index (κ2) is 5.33. The molecule has 0 bridgehead atoms. The van der Waals surface area contributed by atoms with Gasteiger partial charge in [0, 0.05) is 12.6 Å². The van der Waals surface area contributed by atoms with Crippen molar-refractivity contribution in [2.45, 2.75) is 87.9 Å². The van der Waals surface area contributed by atoms with Gasteiger partial charge in [0.05, 0.1) is 5.60 Å². The van der Waals surface area contributed by atoms with Crippen molar-refractivity contribution in [3.8, 4) is 0 Å². The smallest absolute Gasteiger partial charge is 0.115 e. The number of hydrogen-bond donors (Lipinski definition) is 1. The first-order valence-electron chi connectivity index (χ1n) is 8.20. The number of alkyl halides is 1. The van der Waals surface area contributed by atoms with Gasteiger partial charge in [0.25, 0.3) is 0 Å². The Morgan fingerprint density at radius 3 is 2.47 bits per heavy atom. The van der Waals surface area contributed by atoms with E-state index in [4.69, 9.17) is 10.5 Å². The summed E-state index contributed by atoms with van der Waals surface area (Å²) in [6, 6.07) is 0.0731. The maximum atomic E-state index is 15.3. The van der Waals surface area contributed by atoms with Crippen molar-refractivity contribution < 1.29 is 9.13 Å². The normalized spacial score (nSPS) is 43.3. The van der Waals surface area contributed by atoms with Gasteiger partial charge in [-0.05, 0) is 57.3 Å². The van der Waals surface area contributed by atoms with Crippen LogP contribution in [0, 0.1) is 5.92 Å². The molecule has 3 heteroatoms. The van der Waals surface area contributed by atoms with Crippen LogP contribution in [0.4, 0.5) is 4.39 Å². The fourth-order valence-corrected chi connectivity index (χ4v) is 4.68. The van der Waals surface area contributed by atoms with Crippen LogP contribution in [0.1, 0.15) is 70.6 Å². The Kier molecular flexibility index (Phi) is 3.87. The third-order valence-corrected chi connectivity index (χ3v) is 5.76. The van der Waals surface area contributed by atoms with E-state index in [1.54, 1.807) is 0 Å². The lowest BCUT2D eigenvalue weighted by molar-refractivity contribution is -0.146. The highest BCUT2D eigenvalue weighted by Gasteiger charge is 2.48. The predicted molar refractivity (Wildman–Crippen MR) is 74.8 cm³/mol. The first-order chi connectivity index (χ1) is 9.12. The Morgan fingerprint density at radius 2 is 1.74 bits per heavy atom. The maximum absolute atomic E-state index is 15.3. The molecule has 0 radical (unpaired) electrons. The molecule has 3 rings (SSSR count). The summed E-state index contributed by atoms with van der Waals surface area (Å²) >= 11 is 0. The molecule has 110 valence electrons. The second-order valence-corrected chi connectivity index (χ2v) is 7.17. The van der Waals surface area contributed by atoms with Crippen LogP contribution >= 0.6 is 0 Å². The van der Waals surface area contributed by atoms with Crippen molar-refractivity contribution in [1.29, 1.82) is 0 Å². The fourth-order valence-electron chi connectivity index (χ4n) is 4.68. The van der Waals surface area contributed by atoms with Crippen LogP contribution in [-0.2, 0) is 4.74 Å². The monoisotopic (exact) mass is 269 g/mol. The molecule has 3 fully saturated rings. The quantitative estimate of drug-likeness (QED) is 0.787. The van der Waals surface area contributed by atoms with E-state index < -0.39 is 5.67 Å². The largest absolute Gasteiger partial charge is 0.375 e. The Balaban J connectivity index is 1.70. The van der Waals surface area contributed by atoms with Gasteiger partial charge in [-0.15, -0.1) is 0 Å². The molecule has 1 spiro atoms. The topological polar surface area (TPSA) is 35.2 Å². The molecule has 3 aliphatic rings. The summed E-state index contributed by atoms with van der Waals surface area (Å²) in [6.45, 7) is 0.756. The molecule has 2 saturated carbocycles. The van der Waals surface area contributed by atoms with Crippen molar-refractivity contribution in [3.63, 3.8) is 0 Å². The lowest BCUT2D eigenvalue weighted by Gasteiger charge is -2.49. The van der Waals surface area contributed by atoms with Crippen LogP contribution in [-0.4, -0.2) is 23.9 Å². The average molecular weight is 269 g/mol. The third kappa shape index (κ3) is 2.82. The molecular formula is C16H28FNO. The molecule has 19 heavy (non-hydrogen) atoms. The zero-order valence-electron chi connectivity index (χ0n) is 12.0. The molecule has 3 atom stereocenters. The SMILES string of the molecule is NC1CCCC(F)(C2CCOC3(CCCCC3)C2)C1. The second-order valence-electron chi connectivity index (χ2n) is 7.17. The zero-order valence-corrected chi connectivity index (χ0v) is 12.0. The minimum atomic E-state index is -1.01. The number of nitrogens with two attached hydrogens (primary N) is 1. The Morgan fingerprint density at radius 1 is 0.947 bits per heavy atom. The first kappa shape index (κ1) is 13.8. The van der Waals surface area contributed by atoms with E-state index in [2.05, 4.69) is 0 Å². The molecule has 0 aromatic heterocycles. The number of rotatable bonds is 1. The lowest BCUT2D eigenvalue weighted by atomic mass is 9.67. The van der Waals surface area contributed by atoms with Crippen LogP contribution < -0.4 is 5.73 Å². The number of ether oxygens (including phenoxy) is 1. The van der Waals surface area contributed by atoms with Crippen molar-refractivity contribution in [2.24, 2.45) is 11.7 Å². The van der Waals surface area contributed by atoms with E-state index in [1.807, 2.05) is 0 Å². The van der Waals surface area contributed by atoms with Crippen molar-refractivity contribution in [1.82, 2.24) is 0 Å². The van der Waals surface area contributed by atoms with Crippen LogP contribution in [0.3, 0.4) is 0 Å². The highest BCUT2D eigenvalue weighted by Crippen LogP contribution is 2.48. The molecular weight excluding hydrogens is 241 g/mol. The molecule has 0 aromatic rings. The van der Waals surface area contributed by atoms with E-state index >= 15 is 4.39 Å². The van der Waals surface area contributed by atoms with Crippen LogP contribution in [0.5, 0.6) is 0 Å². The van der Waals surface area contributed by atoms with Gasteiger partial charge in [-0.2, -0.15) is 0 Å². The van der Waals surface area contributed by atoms with Crippen LogP contribution in [0.15, 0.2) is 0 Å². The molecule has 1 aliphatic heterocycles. The summed E-state index contributed by atoms with van der Waals surface area (Å²) in [5.41, 5.74) is 5.02. The Labute approximate surface area is 116 Å². The number of halogens is 1. The van der Waals surface area contributed by atoms with Gasteiger partial charge < -0.3 is 10.5 Å². The van der Waals surface area contributed by atoms with Gasteiger partial charge in [0.1, 0.15) is 5.67 Å². The zero-order chi connectivity index (χ0) is 13.3.